The van der Waals surface area contributed by atoms with E-state index in [9.17, 15) is 12.8 Å². The topological polar surface area (TPSA) is 55.2 Å². The van der Waals surface area contributed by atoms with Crippen molar-refractivity contribution in [3.05, 3.63) is 95.4 Å². The van der Waals surface area contributed by atoms with Gasteiger partial charge >= 0.3 is 0 Å². The average molecular weight is 504 g/mol. The smallest absolute Gasteiger partial charge is 0.214 e. The van der Waals surface area contributed by atoms with Crippen LogP contribution in [0.2, 0.25) is 0 Å². The molecule has 3 atom stereocenters. The molecule has 0 N–H and O–H groups in total. The first-order valence-corrected chi connectivity index (χ1v) is 14.1. The van der Waals surface area contributed by atoms with Gasteiger partial charge < -0.3 is 0 Å². The van der Waals surface area contributed by atoms with Gasteiger partial charge in [-0.2, -0.15) is 5.10 Å². The van der Waals surface area contributed by atoms with Crippen LogP contribution in [-0.4, -0.2) is 41.3 Å². The lowest BCUT2D eigenvalue weighted by Gasteiger charge is -2.26. The Bertz CT molecular complexity index is 1550. The molecule has 2 heterocycles. The second-order valence-electron chi connectivity index (χ2n) is 10.8. The van der Waals surface area contributed by atoms with Gasteiger partial charge in [-0.25, -0.2) is 21.8 Å². The molecule has 3 unspecified atom stereocenters. The van der Waals surface area contributed by atoms with Gasteiger partial charge in [0, 0.05) is 29.8 Å². The van der Waals surface area contributed by atoms with Crippen LogP contribution >= 0.6 is 0 Å². The predicted molar refractivity (Wildman–Crippen MR) is 140 cm³/mol. The number of sulfonamides is 1. The molecule has 1 aromatic heterocycles. The minimum atomic E-state index is -3.32. The summed E-state index contributed by atoms with van der Waals surface area (Å²) in [6.07, 6.45) is 1.84. The van der Waals surface area contributed by atoms with Gasteiger partial charge in [-0.1, -0.05) is 44.2 Å². The van der Waals surface area contributed by atoms with Gasteiger partial charge in [0.05, 0.1) is 23.2 Å². The summed E-state index contributed by atoms with van der Waals surface area (Å²) < 4.78 is 43.4. The molecule has 3 aromatic carbocycles. The maximum Gasteiger partial charge on any atom is 0.214 e. The van der Waals surface area contributed by atoms with E-state index >= 15 is 0 Å². The number of halogens is 1. The summed E-state index contributed by atoms with van der Waals surface area (Å²) in [4.78, 5) is 0. The van der Waals surface area contributed by atoms with Crippen molar-refractivity contribution < 1.29 is 12.8 Å². The Morgan fingerprint density at radius 3 is 2.50 bits per heavy atom. The standard InChI is InChI=1S/C29H30FN3O2S/c1-19(2)17-36(34,35)32-16-26-28(21-7-5-4-6-8-21)29(26,18-32)25-14-22-15-31-33(27(22)13-20(25)3)24-11-9-23(30)10-12-24/h4-15,19,26,28H,16-18H2,1-3H3. The van der Waals surface area contributed by atoms with Gasteiger partial charge in [0.15, 0.2) is 0 Å². The Balaban J connectivity index is 1.44. The number of aryl methyl sites for hydroxylation is 1. The van der Waals surface area contributed by atoms with Crippen LogP contribution in [0, 0.1) is 24.6 Å². The van der Waals surface area contributed by atoms with Crippen LogP contribution in [0.5, 0.6) is 0 Å². The molecule has 6 rings (SSSR count). The number of benzene rings is 3. The van der Waals surface area contributed by atoms with Crippen LogP contribution < -0.4 is 0 Å². The monoisotopic (exact) mass is 503 g/mol. The van der Waals surface area contributed by atoms with E-state index in [0.29, 0.717) is 13.1 Å². The molecule has 5 nitrogen and oxygen atoms in total. The molecule has 4 aromatic rings. The van der Waals surface area contributed by atoms with E-state index in [0.717, 1.165) is 22.2 Å². The fourth-order valence-corrected chi connectivity index (χ4v) is 8.28. The molecule has 1 aliphatic carbocycles. The van der Waals surface area contributed by atoms with E-state index in [4.69, 9.17) is 0 Å². The van der Waals surface area contributed by atoms with Crippen molar-refractivity contribution in [3.8, 4) is 5.69 Å². The maximum atomic E-state index is 13.5. The highest BCUT2D eigenvalue weighted by Crippen LogP contribution is 2.70. The summed E-state index contributed by atoms with van der Waals surface area (Å²) in [7, 11) is -3.32. The summed E-state index contributed by atoms with van der Waals surface area (Å²) in [6.45, 7) is 7.07. The largest absolute Gasteiger partial charge is 0.233 e. The minimum absolute atomic E-state index is 0.0863. The second-order valence-corrected chi connectivity index (χ2v) is 12.8. The Morgan fingerprint density at radius 2 is 1.81 bits per heavy atom. The Labute approximate surface area is 211 Å². The van der Waals surface area contributed by atoms with E-state index < -0.39 is 10.0 Å². The minimum Gasteiger partial charge on any atom is -0.233 e. The highest BCUT2D eigenvalue weighted by atomic mass is 32.2. The van der Waals surface area contributed by atoms with Crippen molar-refractivity contribution in [2.75, 3.05) is 18.8 Å². The molecule has 2 fully saturated rings. The number of fused-ring (bicyclic) bond motifs is 2. The molecule has 0 spiro atoms. The summed E-state index contributed by atoms with van der Waals surface area (Å²) in [6, 6.07) is 21.1. The molecule has 36 heavy (non-hydrogen) atoms. The highest BCUT2D eigenvalue weighted by molar-refractivity contribution is 7.89. The fraction of sp³-hybridized carbons (Fsp3) is 0.345. The van der Waals surface area contributed by atoms with Crippen LogP contribution in [0.1, 0.15) is 36.5 Å². The van der Waals surface area contributed by atoms with Gasteiger partial charge in [0.25, 0.3) is 0 Å². The number of hydrogen-bond donors (Lipinski definition) is 0. The Kier molecular flexibility index (Phi) is 5.36. The van der Waals surface area contributed by atoms with E-state index in [2.05, 4.69) is 48.4 Å². The zero-order chi connectivity index (χ0) is 25.2. The van der Waals surface area contributed by atoms with Gasteiger partial charge in [-0.05, 0) is 71.8 Å². The van der Waals surface area contributed by atoms with E-state index in [1.165, 1.54) is 23.3 Å². The van der Waals surface area contributed by atoms with E-state index in [-0.39, 0.29) is 34.7 Å². The average Bonchev–Trinajstić information content (AvgIpc) is 3.11. The quantitative estimate of drug-likeness (QED) is 0.353. The van der Waals surface area contributed by atoms with Gasteiger partial charge in [-0.15, -0.1) is 0 Å². The number of hydrogen-bond acceptors (Lipinski definition) is 3. The predicted octanol–water partition coefficient (Wildman–Crippen LogP) is 5.43. The van der Waals surface area contributed by atoms with E-state index in [1.54, 1.807) is 16.4 Å². The molecule has 0 amide bonds. The fourth-order valence-electron chi connectivity index (χ4n) is 6.43. The van der Waals surface area contributed by atoms with Crippen LogP contribution in [0.25, 0.3) is 16.6 Å². The summed E-state index contributed by atoms with van der Waals surface area (Å²) in [5, 5.41) is 5.59. The molecule has 1 aliphatic heterocycles. The number of piperidine rings is 1. The van der Waals surface area contributed by atoms with Crippen molar-refractivity contribution in [2.45, 2.75) is 32.1 Å². The van der Waals surface area contributed by atoms with E-state index in [1.807, 2.05) is 30.8 Å². The van der Waals surface area contributed by atoms with Gasteiger partial charge in [0.2, 0.25) is 10.0 Å². The molecule has 1 saturated heterocycles. The molecule has 2 aliphatic rings. The third-order valence-electron chi connectivity index (χ3n) is 7.93. The first-order chi connectivity index (χ1) is 17.2. The number of nitrogens with zero attached hydrogens (tertiary/aromatic N) is 3. The zero-order valence-corrected chi connectivity index (χ0v) is 21.5. The lowest BCUT2D eigenvalue weighted by Crippen LogP contribution is -2.37. The van der Waals surface area contributed by atoms with Crippen molar-refractivity contribution in [2.24, 2.45) is 11.8 Å². The zero-order valence-electron chi connectivity index (χ0n) is 20.7. The molecule has 186 valence electrons. The third-order valence-corrected chi connectivity index (χ3v) is 10.1. The molecule has 0 bridgehead atoms. The molecular weight excluding hydrogens is 473 g/mol. The molecular formula is C29H30FN3O2S. The highest BCUT2D eigenvalue weighted by Gasteiger charge is 2.71. The van der Waals surface area contributed by atoms with Gasteiger partial charge in [-0.3, -0.25) is 0 Å². The van der Waals surface area contributed by atoms with Crippen molar-refractivity contribution in [1.29, 1.82) is 0 Å². The van der Waals surface area contributed by atoms with Gasteiger partial charge in [0.1, 0.15) is 5.82 Å². The van der Waals surface area contributed by atoms with Crippen LogP contribution in [0.4, 0.5) is 4.39 Å². The lowest BCUT2D eigenvalue weighted by molar-refractivity contribution is 0.417. The van der Waals surface area contributed by atoms with Crippen LogP contribution in [0.3, 0.4) is 0 Å². The SMILES string of the molecule is Cc1cc2c(cnn2-c2ccc(F)cc2)cc1C12CN(S(=O)(=O)CC(C)C)CC1C2c1ccccc1. The normalized spacial score (nSPS) is 23.9. The van der Waals surface area contributed by atoms with Crippen molar-refractivity contribution in [1.82, 2.24) is 14.1 Å². The molecule has 7 heteroatoms. The summed E-state index contributed by atoms with van der Waals surface area (Å²) >= 11 is 0. The Morgan fingerprint density at radius 1 is 1.08 bits per heavy atom. The summed E-state index contributed by atoms with van der Waals surface area (Å²) in [5.41, 5.74) is 5.10. The number of rotatable bonds is 6. The first-order valence-electron chi connectivity index (χ1n) is 12.5. The van der Waals surface area contributed by atoms with Crippen molar-refractivity contribution >= 4 is 20.9 Å². The van der Waals surface area contributed by atoms with Crippen LogP contribution in [0.15, 0.2) is 72.9 Å². The maximum absolute atomic E-state index is 13.5. The van der Waals surface area contributed by atoms with Crippen LogP contribution in [-0.2, 0) is 15.4 Å². The summed E-state index contributed by atoms with van der Waals surface area (Å²) in [5.74, 6) is 0.507. The first kappa shape index (κ1) is 23.4. The number of aromatic nitrogens is 2. The third kappa shape index (κ3) is 3.59. The second kappa shape index (κ2) is 8.25. The molecule has 1 saturated carbocycles. The Hall–Kier alpha value is -3.03. The van der Waals surface area contributed by atoms with Crippen molar-refractivity contribution in [3.63, 3.8) is 0 Å². The lowest BCUT2D eigenvalue weighted by atomic mass is 9.87. The molecule has 0 radical (unpaired) electrons.